The average Bonchev–Trinajstić information content (AvgIpc) is 2.53. The normalized spacial score (nSPS) is 9.14. The molecule has 2 rings (SSSR count). The van der Waals surface area contributed by atoms with Crippen LogP contribution in [0.3, 0.4) is 0 Å². The molecule has 0 heterocycles. The van der Waals surface area contributed by atoms with Gasteiger partial charge in [0.1, 0.15) is 11.8 Å². The molecule has 0 aliphatic carbocycles. The van der Waals surface area contributed by atoms with E-state index in [0.717, 1.165) is 4.47 Å². The number of anilines is 1. The van der Waals surface area contributed by atoms with Crippen molar-refractivity contribution in [2.75, 3.05) is 12.4 Å². The van der Waals surface area contributed by atoms with Crippen molar-refractivity contribution in [1.82, 2.24) is 0 Å². The Balaban J connectivity index is 2.20. The van der Waals surface area contributed by atoms with Gasteiger partial charge in [0, 0.05) is 16.0 Å². The van der Waals surface area contributed by atoms with Crippen LogP contribution in [0.4, 0.5) is 5.69 Å². The minimum atomic E-state index is -0.482. The van der Waals surface area contributed by atoms with Gasteiger partial charge in [-0.3, -0.25) is 4.79 Å². The van der Waals surface area contributed by atoms with Crippen molar-refractivity contribution < 1.29 is 9.53 Å². The summed E-state index contributed by atoms with van der Waals surface area (Å²) in [6.07, 6.45) is 0. The molecule has 1 N–H and O–H groups in total. The number of amides is 1. The zero-order valence-corrected chi connectivity index (χ0v) is 13.3. The van der Waals surface area contributed by atoms with Crippen molar-refractivity contribution in [3.63, 3.8) is 0 Å². The van der Waals surface area contributed by atoms with Gasteiger partial charge in [0.15, 0.2) is 0 Å². The van der Waals surface area contributed by atoms with Crippen molar-refractivity contribution in [2.24, 2.45) is 0 Å². The van der Waals surface area contributed by atoms with Crippen LogP contribution in [0.15, 0.2) is 46.9 Å². The lowest BCUT2D eigenvalue weighted by molar-refractivity contribution is -0.111. The van der Waals surface area contributed by atoms with E-state index in [1.165, 1.54) is 7.11 Å². The monoisotopic (exact) mass is 354 g/mol. The maximum atomic E-state index is 11.9. The lowest BCUT2D eigenvalue weighted by atomic mass is 10.1. The second kappa shape index (κ2) is 7.31. The Hall–Kier alpha value is -2.76. The van der Waals surface area contributed by atoms with Gasteiger partial charge in [0.25, 0.3) is 0 Å². The first-order valence-corrected chi connectivity index (χ1v) is 7.09. The Labute approximate surface area is 136 Å². The summed E-state index contributed by atoms with van der Waals surface area (Å²) >= 11 is 3.33. The fraction of sp³-hybridized carbons (Fsp3) is 0.0588. The van der Waals surface area contributed by atoms with Crippen molar-refractivity contribution in [1.29, 1.82) is 5.26 Å². The molecule has 5 heteroatoms. The molecule has 1 amide bonds. The Kier molecular flexibility index (Phi) is 5.19. The molecule has 2 aromatic carbocycles. The van der Waals surface area contributed by atoms with Crippen LogP contribution in [0.2, 0.25) is 0 Å². The standard InChI is InChI=1S/C17H11BrN2O2/c1-22-16-8-7-14(18)10-15(16)20-17(21)9-6-12-4-2-3-5-13(12)11-19/h2-5,7-8,10H,1H3,(H,20,21). The minimum absolute atomic E-state index is 0.433. The predicted molar refractivity (Wildman–Crippen MR) is 87.4 cm³/mol. The maximum Gasteiger partial charge on any atom is 0.300 e. The Morgan fingerprint density at radius 1 is 1.23 bits per heavy atom. The van der Waals surface area contributed by atoms with Gasteiger partial charge in [-0.05, 0) is 30.3 Å². The topological polar surface area (TPSA) is 62.1 Å². The van der Waals surface area contributed by atoms with E-state index in [0.29, 0.717) is 22.6 Å². The summed E-state index contributed by atoms with van der Waals surface area (Å²) in [4.78, 5) is 11.9. The van der Waals surface area contributed by atoms with Gasteiger partial charge in [0.05, 0.1) is 18.4 Å². The number of rotatable bonds is 2. The minimum Gasteiger partial charge on any atom is -0.495 e. The second-order valence-corrected chi connectivity index (χ2v) is 5.12. The molecule has 0 aromatic heterocycles. The number of hydrogen-bond acceptors (Lipinski definition) is 3. The third-order valence-corrected chi connectivity index (χ3v) is 3.26. The second-order valence-electron chi connectivity index (χ2n) is 4.21. The number of benzene rings is 2. The lowest BCUT2D eigenvalue weighted by Gasteiger charge is -2.08. The summed E-state index contributed by atoms with van der Waals surface area (Å²) in [7, 11) is 1.52. The molecule has 4 nitrogen and oxygen atoms in total. The third-order valence-electron chi connectivity index (χ3n) is 2.77. The first-order valence-electron chi connectivity index (χ1n) is 6.29. The van der Waals surface area contributed by atoms with Crippen LogP contribution in [-0.4, -0.2) is 13.0 Å². The van der Waals surface area contributed by atoms with Gasteiger partial charge in [-0.1, -0.05) is 34.0 Å². The van der Waals surface area contributed by atoms with Crippen molar-refractivity contribution in [3.05, 3.63) is 58.1 Å². The highest BCUT2D eigenvalue weighted by molar-refractivity contribution is 9.10. The van der Waals surface area contributed by atoms with Gasteiger partial charge in [-0.2, -0.15) is 5.26 Å². The van der Waals surface area contributed by atoms with Gasteiger partial charge in [-0.15, -0.1) is 0 Å². The molecule has 0 radical (unpaired) electrons. The summed E-state index contributed by atoms with van der Waals surface area (Å²) in [5.74, 6) is 5.23. The zero-order valence-electron chi connectivity index (χ0n) is 11.7. The van der Waals surface area contributed by atoms with Crippen molar-refractivity contribution >= 4 is 27.5 Å². The van der Waals surface area contributed by atoms with Gasteiger partial charge in [-0.25, -0.2) is 0 Å². The lowest BCUT2D eigenvalue weighted by Crippen LogP contribution is -2.09. The van der Waals surface area contributed by atoms with Crippen LogP contribution in [0.5, 0.6) is 5.75 Å². The van der Waals surface area contributed by atoms with E-state index in [2.05, 4.69) is 33.1 Å². The molecular weight excluding hydrogens is 344 g/mol. The van der Waals surface area contributed by atoms with E-state index in [1.54, 1.807) is 36.4 Å². The third kappa shape index (κ3) is 3.88. The molecular formula is C17H11BrN2O2. The van der Waals surface area contributed by atoms with Crippen LogP contribution in [0.25, 0.3) is 0 Å². The SMILES string of the molecule is COc1ccc(Br)cc1NC(=O)C#Cc1ccccc1C#N. The Bertz CT molecular complexity index is 813. The first kappa shape index (κ1) is 15.6. The number of hydrogen-bond donors (Lipinski definition) is 1. The Morgan fingerprint density at radius 3 is 2.64 bits per heavy atom. The summed E-state index contributed by atoms with van der Waals surface area (Å²) in [5, 5.41) is 11.6. The van der Waals surface area contributed by atoms with E-state index in [1.807, 2.05) is 12.1 Å². The van der Waals surface area contributed by atoms with Crippen LogP contribution in [-0.2, 0) is 4.79 Å². The smallest absolute Gasteiger partial charge is 0.300 e. The first-order chi connectivity index (χ1) is 10.6. The van der Waals surface area contributed by atoms with E-state index < -0.39 is 5.91 Å². The molecule has 0 saturated carbocycles. The van der Waals surface area contributed by atoms with E-state index in [-0.39, 0.29) is 0 Å². The van der Waals surface area contributed by atoms with Crippen LogP contribution in [0, 0.1) is 23.2 Å². The Morgan fingerprint density at radius 2 is 1.95 bits per heavy atom. The molecule has 108 valence electrons. The summed E-state index contributed by atoms with van der Waals surface area (Å²) in [6.45, 7) is 0. The van der Waals surface area contributed by atoms with Gasteiger partial charge < -0.3 is 10.1 Å². The molecule has 0 aliphatic rings. The number of methoxy groups -OCH3 is 1. The highest BCUT2D eigenvalue weighted by atomic mass is 79.9. The zero-order chi connectivity index (χ0) is 15.9. The number of halogens is 1. The largest absolute Gasteiger partial charge is 0.495 e. The highest BCUT2D eigenvalue weighted by Crippen LogP contribution is 2.27. The fourth-order valence-electron chi connectivity index (χ4n) is 1.75. The van der Waals surface area contributed by atoms with Gasteiger partial charge in [0.2, 0.25) is 0 Å². The number of carbonyl (C=O) groups excluding carboxylic acids is 1. The number of nitrogens with zero attached hydrogens (tertiary/aromatic N) is 1. The quantitative estimate of drug-likeness (QED) is 0.841. The molecule has 0 saturated heterocycles. The predicted octanol–water partition coefficient (Wildman–Crippen LogP) is 3.32. The van der Waals surface area contributed by atoms with Crippen LogP contribution in [0.1, 0.15) is 11.1 Å². The number of nitrogens with one attached hydrogen (secondary N) is 1. The molecule has 0 spiro atoms. The van der Waals surface area contributed by atoms with Crippen molar-refractivity contribution in [2.45, 2.75) is 0 Å². The maximum absolute atomic E-state index is 11.9. The van der Waals surface area contributed by atoms with Crippen molar-refractivity contribution in [3.8, 4) is 23.7 Å². The molecule has 0 unspecified atom stereocenters. The fourth-order valence-corrected chi connectivity index (χ4v) is 2.11. The van der Waals surface area contributed by atoms with E-state index in [9.17, 15) is 4.79 Å². The molecule has 0 bridgehead atoms. The van der Waals surface area contributed by atoms with E-state index >= 15 is 0 Å². The number of carbonyl (C=O) groups is 1. The van der Waals surface area contributed by atoms with Gasteiger partial charge >= 0.3 is 5.91 Å². The molecule has 0 fully saturated rings. The summed E-state index contributed by atoms with van der Waals surface area (Å²) in [6, 6.07) is 14.2. The van der Waals surface area contributed by atoms with E-state index in [4.69, 9.17) is 10.00 Å². The number of nitriles is 1. The van der Waals surface area contributed by atoms with Crippen LogP contribution >= 0.6 is 15.9 Å². The number of ether oxygens (including phenoxy) is 1. The highest BCUT2D eigenvalue weighted by Gasteiger charge is 2.06. The molecule has 22 heavy (non-hydrogen) atoms. The van der Waals surface area contributed by atoms with Crippen LogP contribution < -0.4 is 10.1 Å². The summed E-state index contributed by atoms with van der Waals surface area (Å²) in [5.41, 5.74) is 1.47. The molecule has 0 aliphatic heterocycles. The summed E-state index contributed by atoms with van der Waals surface area (Å²) < 4.78 is 5.99. The molecule has 0 atom stereocenters. The average molecular weight is 355 g/mol. The molecule has 2 aromatic rings.